The van der Waals surface area contributed by atoms with Crippen LogP contribution in [-0.2, 0) is 11.8 Å². The first-order chi connectivity index (χ1) is 9.88. The van der Waals surface area contributed by atoms with Crippen molar-refractivity contribution in [2.24, 2.45) is 7.05 Å². The molecule has 2 aromatic rings. The predicted octanol–water partition coefficient (Wildman–Crippen LogP) is 3.69. The molecule has 5 nitrogen and oxygen atoms in total. The van der Waals surface area contributed by atoms with Crippen LogP contribution in [-0.4, -0.2) is 20.9 Å². The fourth-order valence-electron chi connectivity index (χ4n) is 1.95. The summed E-state index contributed by atoms with van der Waals surface area (Å²) in [5, 5.41) is 13.0. The SMILES string of the molecule is Cc1cc(Br)ccc1Oc1c(C=CC(=O)O)c(C)nn1C. The molecule has 0 unspecified atom stereocenters. The summed E-state index contributed by atoms with van der Waals surface area (Å²) in [6.07, 6.45) is 2.57. The van der Waals surface area contributed by atoms with Crippen LogP contribution in [0.1, 0.15) is 16.8 Å². The summed E-state index contributed by atoms with van der Waals surface area (Å²) < 4.78 is 8.48. The van der Waals surface area contributed by atoms with E-state index < -0.39 is 5.97 Å². The van der Waals surface area contributed by atoms with E-state index in [1.165, 1.54) is 6.08 Å². The van der Waals surface area contributed by atoms with Gasteiger partial charge in [-0.25, -0.2) is 9.48 Å². The van der Waals surface area contributed by atoms with Crippen molar-refractivity contribution >= 4 is 28.0 Å². The first-order valence-corrected chi connectivity index (χ1v) is 7.06. The monoisotopic (exact) mass is 350 g/mol. The number of rotatable bonds is 4. The van der Waals surface area contributed by atoms with Crippen LogP contribution in [0.2, 0.25) is 0 Å². The highest BCUT2D eigenvalue weighted by molar-refractivity contribution is 9.10. The van der Waals surface area contributed by atoms with Crippen LogP contribution in [0.15, 0.2) is 28.7 Å². The van der Waals surface area contributed by atoms with Crippen LogP contribution in [0.5, 0.6) is 11.6 Å². The number of carboxylic acids is 1. The minimum atomic E-state index is -1.01. The lowest BCUT2D eigenvalue weighted by atomic mass is 10.2. The highest BCUT2D eigenvalue weighted by atomic mass is 79.9. The van der Waals surface area contributed by atoms with E-state index in [1.807, 2.05) is 32.0 Å². The van der Waals surface area contributed by atoms with Gasteiger partial charge in [0.1, 0.15) is 5.75 Å². The number of hydrogen-bond donors (Lipinski definition) is 1. The van der Waals surface area contributed by atoms with Crippen LogP contribution in [0.3, 0.4) is 0 Å². The van der Waals surface area contributed by atoms with Gasteiger partial charge in [-0.2, -0.15) is 5.10 Å². The lowest BCUT2D eigenvalue weighted by molar-refractivity contribution is -0.131. The molecule has 0 fully saturated rings. The number of ether oxygens (including phenoxy) is 1. The maximum absolute atomic E-state index is 10.7. The van der Waals surface area contributed by atoms with E-state index in [0.29, 0.717) is 22.9 Å². The molecule has 110 valence electrons. The Morgan fingerprint density at radius 1 is 1.43 bits per heavy atom. The van der Waals surface area contributed by atoms with Crippen molar-refractivity contribution in [3.8, 4) is 11.6 Å². The van der Waals surface area contributed by atoms with E-state index in [9.17, 15) is 4.79 Å². The second-order valence-corrected chi connectivity index (χ2v) is 5.53. The molecule has 1 heterocycles. The molecule has 1 aromatic heterocycles. The number of aromatic nitrogens is 2. The lowest BCUT2D eigenvalue weighted by Gasteiger charge is -2.10. The van der Waals surface area contributed by atoms with Crippen molar-refractivity contribution < 1.29 is 14.6 Å². The molecule has 6 heteroatoms. The van der Waals surface area contributed by atoms with Crippen molar-refractivity contribution in [3.05, 3.63) is 45.6 Å². The summed E-state index contributed by atoms with van der Waals surface area (Å²) in [4.78, 5) is 10.7. The van der Waals surface area contributed by atoms with Crippen LogP contribution < -0.4 is 4.74 Å². The number of nitrogens with zero attached hydrogens (tertiary/aromatic N) is 2. The molecule has 0 amide bonds. The number of halogens is 1. The number of aliphatic carboxylic acids is 1. The molecule has 1 aromatic carbocycles. The van der Waals surface area contributed by atoms with Crippen LogP contribution in [0.4, 0.5) is 0 Å². The first-order valence-electron chi connectivity index (χ1n) is 6.27. The normalized spacial score (nSPS) is 11.0. The number of benzene rings is 1. The summed E-state index contributed by atoms with van der Waals surface area (Å²) in [5.41, 5.74) is 2.33. The van der Waals surface area contributed by atoms with Gasteiger partial charge in [0.05, 0.1) is 11.3 Å². The van der Waals surface area contributed by atoms with E-state index in [2.05, 4.69) is 21.0 Å². The van der Waals surface area contributed by atoms with Gasteiger partial charge in [0, 0.05) is 17.6 Å². The van der Waals surface area contributed by atoms with E-state index >= 15 is 0 Å². The largest absolute Gasteiger partial charge is 0.478 e. The Hall–Kier alpha value is -2.08. The van der Waals surface area contributed by atoms with E-state index in [-0.39, 0.29) is 0 Å². The van der Waals surface area contributed by atoms with Gasteiger partial charge in [-0.3, -0.25) is 0 Å². The van der Waals surface area contributed by atoms with Crippen LogP contribution in [0.25, 0.3) is 6.08 Å². The number of aryl methyl sites for hydroxylation is 3. The van der Waals surface area contributed by atoms with Crippen molar-refractivity contribution in [1.29, 1.82) is 0 Å². The Morgan fingerprint density at radius 2 is 2.14 bits per heavy atom. The predicted molar refractivity (Wildman–Crippen MR) is 83.6 cm³/mol. The average molecular weight is 351 g/mol. The van der Waals surface area contributed by atoms with Gasteiger partial charge < -0.3 is 9.84 Å². The molecule has 1 N–H and O–H groups in total. The van der Waals surface area contributed by atoms with Gasteiger partial charge in [0.2, 0.25) is 5.88 Å². The average Bonchev–Trinajstić information content (AvgIpc) is 2.65. The number of carbonyl (C=O) groups is 1. The Labute approximate surface area is 131 Å². The van der Waals surface area contributed by atoms with Crippen molar-refractivity contribution in [2.45, 2.75) is 13.8 Å². The molecule has 0 bridgehead atoms. The fourth-order valence-corrected chi connectivity index (χ4v) is 2.43. The molecule has 21 heavy (non-hydrogen) atoms. The van der Waals surface area contributed by atoms with Crippen molar-refractivity contribution in [1.82, 2.24) is 9.78 Å². The smallest absolute Gasteiger partial charge is 0.328 e. The van der Waals surface area contributed by atoms with Gasteiger partial charge in [-0.1, -0.05) is 15.9 Å². The third-order valence-corrected chi connectivity index (χ3v) is 3.44. The molecule has 0 aliphatic heterocycles. The van der Waals surface area contributed by atoms with E-state index in [0.717, 1.165) is 16.1 Å². The molecule has 0 spiro atoms. The highest BCUT2D eigenvalue weighted by Crippen LogP contribution is 2.31. The zero-order valence-electron chi connectivity index (χ0n) is 11.9. The summed E-state index contributed by atoms with van der Waals surface area (Å²) in [5.74, 6) is 0.200. The van der Waals surface area contributed by atoms with Gasteiger partial charge in [-0.15, -0.1) is 0 Å². The Balaban J connectivity index is 2.41. The van der Waals surface area contributed by atoms with Crippen molar-refractivity contribution in [2.75, 3.05) is 0 Å². The van der Waals surface area contributed by atoms with E-state index in [1.54, 1.807) is 11.7 Å². The summed E-state index contributed by atoms with van der Waals surface area (Å²) >= 11 is 3.41. The molecule has 0 atom stereocenters. The molecule has 0 radical (unpaired) electrons. The van der Waals surface area contributed by atoms with Crippen LogP contribution in [0, 0.1) is 13.8 Å². The zero-order valence-corrected chi connectivity index (χ0v) is 13.5. The van der Waals surface area contributed by atoms with E-state index in [4.69, 9.17) is 9.84 Å². The van der Waals surface area contributed by atoms with Crippen LogP contribution >= 0.6 is 15.9 Å². The molecular formula is C15H15BrN2O3. The Bertz CT molecular complexity index is 720. The second-order valence-electron chi connectivity index (χ2n) is 4.61. The molecule has 0 aliphatic rings. The maximum Gasteiger partial charge on any atom is 0.328 e. The van der Waals surface area contributed by atoms with Gasteiger partial charge in [0.25, 0.3) is 0 Å². The quantitative estimate of drug-likeness (QED) is 0.854. The first kappa shape index (κ1) is 15.3. The molecule has 0 saturated carbocycles. The summed E-state index contributed by atoms with van der Waals surface area (Å²) in [6, 6.07) is 5.69. The molecule has 0 saturated heterocycles. The standard InChI is InChI=1S/C15H15BrN2O3/c1-9-8-11(16)4-6-13(9)21-15-12(5-7-14(19)20)10(2)17-18(15)3/h4-8H,1-3H3,(H,19,20). The Morgan fingerprint density at radius 3 is 2.76 bits per heavy atom. The molecule has 2 rings (SSSR count). The van der Waals surface area contributed by atoms with Gasteiger partial charge >= 0.3 is 5.97 Å². The Kier molecular flexibility index (Phi) is 4.47. The third kappa shape index (κ3) is 3.52. The topological polar surface area (TPSA) is 64.3 Å². The molecular weight excluding hydrogens is 336 g/mol. The summed E-state index contributed by atoms with van der Waals surface area (Å²) in [6.45, 7) is 3.75. The summed E-state index contributed by atoms with van der Waals surface area (Å²) in [7, 11) is 1.76. The second kappa shape index (κ2) is 6.13. The van der Waals surface area contributed by atoms with Gasteiger partial charge in [-0.05, 0) is 43.7 Å². The third-order valence-electron chi connectivity index (χ3n) is 2.95. The lowest BCUT2D eigenvalue weighted by Crippen LogP contribution is -1.97. The minimum Gasteiger partial charge on any atom is -0.478 e. The number of hydrogen-bond acceptors (Lipinski definition) is 3. The molecule has 0 aliphatic carbocycles. The van der Waals surface area contributed by atoms with Gasteiger partial charge in [0.15, 0.2) is 0 Å². The number of carboxylic acid groups (broad SMARTS) is 1. The minimum absolute atomic E-state index is 0.510. The van der Waals surface area contributed by atoms with Crippen molar-refractivity contribution in [3.63, 3.8) is 0 Å². The zero-order chi connectivity index (χ0) is 15.6. The maximum atomic E-state index is 10.7. The fraction of sp³-hybridized carbons (Fsp3) is 0.200. The highest BCUT2D eigenvalue weighted by Gasteiger charge is 2.14.